The maximum Gasteiger partial charge on any atom is 0.186 e. The molecule has 0 fully saturated rings. The third-order valence-electron chi connectivity index (χ3n) is 2.67. The van der Waals surface area contributed by atoms with E-state index < -0.39 is 11.9 Å². The minimum atomic E-state index is -1.35. The summed E-state index contributed by atoms with van der Waals surface area (Å²) < 4.78 is 5.43. The fourth-order valence-electron chi connectivity index (χ4n) is 1.72. The first kappa shape index (κ1) is 13.4. The monoisotopic (exact) mass is 228 g/mol. The van der Waals surface area contributed by atoms with Gasteiger partial charge in [0.05, 0.1) is 0 Å². The highest BCUT2D eigenvalue weighted by atomic mass is 16.6. The Labute approximate surface area is 95.9 Å². The van der Waals surface area contributed by atoms with Crippen LogP contribution in [0.2, 0.25) is 0 Å². The van der Waals surface area contributed by atoms with E-state index in [0.717, 1.165) is 0 Å². The van der Waals surface area contributed by atoms with Crippen LogP contribution < -0.4 is 0 Å². The molecule has 0 amide bonds. The predicted octanol–water partition coefficient (Wildman–Crippen LogP) is 1.02. The van der Waals surface area contributed by atoms with Crippen molar-refractivity contribution in [3.05, 3.63) is 12.2 Å². The maximum atomic E-state index is 11.5. The van der Waals surface area contributed by atoms with Crippen molar-refractivity contribution < 1.29 is 19.7 Å². The number of aliphatic hydroxyl groups excluding tert-OH is 1. The number of ether oxygens (including phenoxy) is 1. The Balaban J connectivity index is 2.61. The van der Waals surface area contributed by atoms with Gasteiger partial charge in [0, 0.05) is 13.0 Å². The van der Waals surface area contributed by atoms with Crippen LogP contribution in [0.4, 0.5) is 0 Å². The van der Waals surface area contributed by atoms with E-state index in [0.29, 0.717) is 19.3 Å². The lowest BCUT2D eigenvalue weighted by atomic mass is 9.96. The summed E-state index contributed by atoms with van der Waals surface area (Å²) in [5.41, 5.74) is 0. The lowest BCUT2D eigenvalue weighted by Gasteiger charge is -2.34. The lowest BCUT2D eigenvalue weighted by Crippen LogP contribution is -2.44. The molecule has 1 aliphatic rings. The smallest absolute Gasteiger partial charge is 0.186 e. The molecule has 1 heterocycles. The number of hydrogen-bond acceptors (Lipinski definition) is 4. The predicted molar refractivity (Wildman–Crippen MR) is 59.7 cm³/mol. The van der Waals surface area contributed by atoms with Crippen molar-refractivity contribution in [2.45, 2.75) is 45.0 Å². The van der Waals surface area contributed by atoms with Crippen LogP contribution in [0.25, 0.3) is 0 Å². The van der Waals surface area contributed by atoms with E-state index in [1.165, 1.54) is 12.2 Å². The van der Waals surface area contributed by atoms with Gasteiger partial charge in [0.25, 0.3) is 0 Å². The van der Waals surface area contributed by atoms with Crippen molar-refractivity contribution in [1.29, 1.82) is 0 Å². The van der Waals surface area contributed by atoms with Crippen molar-refractivity contribution >= 4 is 5.78 Å². The fourth-order valence-corrected chi connectivity index (χ4v) is 1.72. The first-order valence-corrected chi connectivity index (χ1v) is 5.72. The Morgan fingerprint density at radius 2 is 2.19 bits per heavy atom. The molecular formula is C12H20O4. The van der Waals surface area contributed by atoms with Crippen molar-refractivity contribution in [3.63, 3.8) is 0 Å². The van der Waals surface area contributed by atoms with Crippen LogP contribution in [-0.4, -0.2) is 34.5 Å². The maximum absolute atomic E-state index is 11.5. The molecule has 1 rings (SSSR count). The molecular weight excluding hydrogens is 208 g/mol. The fraction of sp³-hybridized carbons (Fsp3) is 0.750. The Bertz CT molecular complexity index is 272. The molecule has 4 heteroatoms. The van der Waals surface area contributed by atoms with Crippen LogP contribution in [-0.2, 0) is 9.53 Å². The molecule has 0 saturated carbocycles. The second-order valence-electron chi connectivity index (χ2n) is 4.54. The van der Waals surface area contributed by atoms with Gasteiger partial charge in [0.2, 0.25) is 0 Å². The van der Waals surface area contributed by atoms with E-state index in [1.54, 1.807) is 0 Å². The molecule has 0 radical (unpaired) electrons. The zero-order valence-corrected chi connectivity index (χ0v) is 9.85. The molecule has 2 unspecified atom stereocenters. The van der Waals surface area contributed by atoms with Gasteiger partial charge in [0.1, 0.15) is 6.10 Å². The summed E-state index contributed by atoms with van der Waals surface area (Å²) in [7, 11) is 0. The number of carbonyl (C=O) groups excluding carboxylic acids is 1. The second-order valence-corrected chi connectivity index (χ2v) is 4.54. The quantitative estimate of drug-likeness (QED) is 0.689. The van der Waals surface area contributed by atoms with E-state index >= 15 is 0 Å². The summed E-state index contributed by atoms with van der Waals surface area (Å²) in [6.45, 7) is 3.87. The molecule has 92 valence electrons. The van der Waals surface area contributed by atoms with Crippen LogP contribution in [0.15, 0.2) is 12.2 Å². The van der Waals surface area contributed by atoms with Gasteiger partial charge in [-0.3, -0.25) is 4.79 Å². The van der Waals surface area contributed by atoms with E-state index in [-0.39, 0.29) is 18.3 Å². The minimum absolute atomic E-state index is 0.0433. The van der Waals surface area contributed by atoms with E-state index in [4.69, 9.17) is 9.84 Å². The van der Waals surface area contributed by atoms with Gasteiger partial charge >= 0.3 is 0 Å². The summed E-state index contributed by atoms with van der Waals surface area (Å²) in [4.78, 5) is 11.5. The number of ketones is 1. The van der Waals surface area contributed by atoms with Crippen LogP contribution in [0.1, 0.15) is 33.1 Å². The number of carbonyl (C=O) groups is 1. The molecule has 16 heavy (non-hydrogen) atoms. The Kier molecular flexibility index (Phi) is 4.65. The van der Waals surface area contributed by atoms with Gasteiger partial charge in [-0.25, -0.2) is 0 Å². The average Bonchev–Trinajstić information content (AvgIpc) is 2.22. The SMILES string of the molecule is CC(C)C1OC(O)(CCCCO)C=CC1=O. The highest BCUT2D eigenvalue weighted by molar-refractivity contribution is 5.94. The third-order valence-corrected chi connectivity index (χ3v) is 2.67. The Hall–Kier alpha value is -0.710. The van der Waals surface area contributed by atoms with Gasteiger partial charge in [0.15, 0.2) is 11.6 Å². The molecule has 0 aromatic heterocycles. The molecule has 0 spiro atoms. The molecule has 0 bridgehead atoms. The summed E-state index contributed by atoms with van der Waals surface area (Å²) in [6, 6.07) is 0. The van der Waals surface area contributed by atoms with Crippen molar-refractivity contribution in [1.82, 2.24) is 0 Å². The highest BCUT2D eigenvalue weighted by Crippen LogP contribution is 2.27. The van der Waals surface area contributed by atoms with Crippen LogP contribution in [0.3, 0.4) is 0 Å². The van der Waals surface area contributed by atoms with Crippen LogP contribution >= 0.6 is 0 Å². The van der Waals surface area contributed by atoms with Crippen molar-refractivity contribution in [3.8, 4) is 0 Å². The summed E-state index contributed by atoms with van der Waals surface area (Å²) in [5.74, 6) is -1.40. The zero-order chi connectivity index (χ0) is 12.2. The van der Waals surface area contributed by atoms with Crippen molar-refractivity contribution in [2.24, 2.45) is 5.92 Å². The van der Waals surface area contributed by atoms with E-state index in [2.05, 4.69) is 0 Å². The number of unbranched alkanes of at least 4 members (excludes halogenated alkanes) is 1. The van der Waals surface area contributed by atoms with Crippen LogP contribution in [0, 0.1) is 5.92 Å². The summed E-state index contributed by atoms with van der Waals surface area (Å²) in [6.07, 6.45) is 3.93. The topological polar surface area (TPSA) is 66.8 Å². The van der Waals surface area contributed by atoms with E-state index in [9.17, 15) is 9.90 Å². The number of rotatable bonds is 5. The molecule has 2 N–H and O–H groups in total. The standard InChI is InChI=1S/C12H20O4/c1-9(2)11-10(14)5-7-12(15,16-11)6-3-4-8-13/h5,7,9,11,13,15H,3-4,6,8H2,1-2H3. The van der Waals surface area contributed by atoms with E-state index in [1.807, 2.05) is 13.8 Å². The minimum Gasteiger partial charge on any atom is -0.396 e. The molecule has 0 saturated heterocycles. The summed E-state index contributed by atoms with van der Waals surface area (Å²) in [5, 5.41) is 18.8. The molecule has 0 aliphatic carbocycles. The zero-order valence-electron chi connectivity index (χ0n) is 9.85. The van der Waals surface area contributed by atoms with Gasteiger partial charge in [-0.2, -0.15) is 0 Å². The molecule has 2 atom stereocenters. The first-order valence-electron chi connectivity index (χ1n) is 5.72. The first-order chi connectivity index (χ1) is 7.48. The largest absolute Gasteiger partial charge is 0.396 e. The highest BCUT2D eigenvalue weighted by Gasteiger charge is 2.36. The number of hydrogen-bond donors (Lipinski definition) is 2. The lowest BCUT2D eigenvalue weighted by molar-refractivity contribution is -0.213. The summed E-state index contributed by atoms with van der Waals surface area (Å²) >= 11 is 0. The van der Waals surface area contributed by atoms with Crippen molar-refractivity contribution in [2.75, 3.05) is 6.61 Å². The molecule has 0 aromatic carbocycles. The Morgan fingerprint density at radius 3 is 2.75 bits per heavy atom. The number of aliphatic hydroxyl groups is 2. The van der Waals surface area contributed by atoms with Gasteiger partial charge in [-0.1, -0.05) is 13.8 Å². The second kappa shape index (κ2) is 5.57. The van der Waals surface area contributed by atoms with Crippen LogP contribution in [0.5, 0.6) is 0 Å². The Morgan fingerprint density at radius 1 is 1.50 bits per heavy atom. The van der Waals surface area contributed by atoms with Gasteiger partial charge < -0.3 is 14.9 Å². The third kappa shape index (κ3) is 3.40. The molecule has 1 aliphatic heterocycles. The van der Waals surface area contributed by atoms with Gasteiger partial charge in [-0.05, 0) is 30.9 Å². The average molecular weight is 228 g/mol. The molecule has 4 nitrogen and oxygen atoms in total. The normalized spacial score (nSPS) is 30.1. The molecule has 0 aromatic rings. The van der Waals surface area contributed by atoms with Gasteiger partial charge in [-0.15, -0.1) is 0 Å².